The smallest absolute Gasteiger partial charge is 0.444 e. The molecule has 0 N–H and O–H groups in total. The molecule has 2 aromatic carbocycles. The van der Waals surface area contributed by atoms with Crippen LogP contribution in [0.15, 0.2) is 42.5 Å². The number of nitrogens with zero attached hydrogens (tertiary/aromatic N) is 3. The van der Waals surface area contributed by atoms with Crippen LogP contribution in [0.25, 0.3) is 0 Å². The first-order valence-corrected chi connectivity index (χ1v) is 15.7. The highest BCUT2D eigenvalue weighted by Gasteiger charge is 2.35. The minimum absolute atomic E-state index is 0.0397. The van der Waals surface area contributed by atoms with E-state index in [2.05, 4.69) is 4.74 Å². The highest BCUT2D eigenvalue weighted by molar-refractivity contribution is 7.89. The van der Waals surface area contributed by atoms with Crippen LogP contribution in [0.3, 0.4) is 0 Å². The predicted octanol–water partition coefficient (Wildman–Crippen LogP) is 6.06. The van der Waals surface area contributed by atoms with Crippen molar-refractivity contribution in [2.75, 3.05) is 25.9 Å². The summed E-state index contributed by atoms with van der Waals surface area (Å²) in [6.45, 7) is 7.27. The standard InChI is InChI=1S/C29H37ClF3N3O6S/c1-6-43(39,40)36(17-20-9-7-10-23(30)15-20)26(37)21-12-13-22(25(16-21)41-29(31,32)33)18-35-14-8-11-24(19-35)34(5)27(38)42-28(2,3)4/h7,9-10,12-13,15-16,24H,6,8,11,14,17-19H2,1-5H3. The van der Waals surface area contributed by atoms with E-state index >= 15 is 0 Å². The molecule has 0 bridgehead atoms. The van der Waals surface area contributed by atoms with Gasteiger partial charge in [0, 0.05) is 42.3 Å². The lowest BCUT2D eigenvalue weighted by Gasteiger charge is -2.38. The van der Waals surface area contributed by atoms with E-state index in [9.17, 15) is 31.2 Å². The summed E-state index contributed by atoms with van der Waals surface area (Å²) in [6.07, 6.45) is -4.17. The first-order valence-electron chi connectivity index (χ1n) is 13.7. The van der Waals surface area contributed by atoms with Crippen LogP contribution >= 0.6 is 11.6 Å². The zero-order chi connectivity index (χ0) is 32.2. The van der Waals surface area contributed by atoms with Crippen LogP contribution < -0.4 is 4.74 Å². The number of carbonyl (C=O) groups is 2. The number of rotatable bonds is 9. The maximum Gasteiger partial charge on any atom is 0.573 e. The van der Waals surface area contributed by atoms with Gasteiger partial charge in [0.25, 0.3) is 5.91 Å². The number of hydrogen-bond donors (Lipinski definition) is 0. The van der Waals surface area contributed by atoms with E-state index in [1.54, 1.807) is 46.0 Å². The predicted molar refractivity (Wildman–Crippen MR) is 156 cm³/mol. The summed E-state index contributed by atoms with van der Waals surface area (Å²) in [4.78, 5) is 29.4. The maximum absolute atomic E-state index is 13.5. The molecule has 1 fully saturated rings. The van der Waals surface area contributed by atoms with Crippen LogP contribution in [0.1, 0.15) is 62.0 Å². The average molecular weight is 648 g/mol. The summed E-state index contributed by atoms with van der Waals surface area (Å²) in [5, 5.41) is 0.334. The fourth-order valence-corrected chi connectivity index (χ4v) is 5.88. The van der Waals surface area contributed by atoms with Crippen molar-refractivity contribution < 1.29 is 40.7 Å². The van der Waals surface area contributed by atoms with Gasteiger partial charge >= 0.3 is 12.5 Å². The first-order chi connectivity index (χ1) is 19.9. The van der Waals surface area contributed by atoms with Gasteiger partial charge in [0.1, 0.15) is 11.4 Å². The summed E-state index contributed by atoms with van der Waals surface area (Å²) in [5.41, 5.74) is -0.391. The Morgan fingerprint density at radius 1 is 1.12 bits per heavy atom. The Bertz CT molecular complexity index is 1410. The Balaban J connectivity index is 1.88. The van der Waals surface area contributed by atoms with Gasteiger partial charge in [0.2, 0.25) is 10.0 Å². The molecular weight excluding hydrogens is 611 g/mol. The van der Waals surface area contributed by atoms with Crippen LogP contribution in [0.2, 0.25) is 5.02 Å². The second kappa shape index (κ2) is 13.7. The van der Waals surface area contributed by atoms with E-state index in [1.165, 1.54) is 30.0 Å². The molecular formula is C29H37ClF3N3O6S. The zero-order valence-electron chi connectivity index (χ0n) is 24.8. The number of hydrogen-bond acceptors (Lipinski definition) is 7. The van der Waals surface area contributed by atoms with Gasteiger partial charge in [-0.15, -0.1) is 13.2 Å². The average Bonchev–Trinajstić information content (AvgIpc) is 2.90. The number of likely N-dealkylation sites (N-methyl/N-ethyl adjacent to an activating group) is 1. The lowest BCUT2D eigenvalue weighted by Crippen LogP contribution is -2.49. The summed E-state index contributed by atoms with van der Waals surface area (Å²) in [6, 6.07) is 9.57. The molecule has 2 amide bonds. The molecule has 0 aliphatic carbocycles. The number of carbonyl (C=O) groups excluding carboxylic acids is 2. The summed E-state index contributed by atoms with van der Waals surface area (Å²) in [5.74, 6) is -2.02. The van der Waals surface area contributed by atoms with Crippen molar-refractivity contribution in [2.45, 2.75) is 71.6 Å². The van der Waals surface area contributed by atoms with Crippen molar-refractivity contribution in [2.24, 2.45) is 0 Å². The van der Waals surface area contributed by atoms with Crippen molar-refractivity contribution in [1.29, 1.82) is 0 Å². The Morgan fingerprint density at radius 3 is 2.42 bits per heavy atom. The van der Waals surface area contributed by atoms with Crippen molar-refractivity contribution >= 4 is 33.6 Å². The van der Waals surface area contributed by atoms with Gasteiger partial charge in [-0.2, -0.15) is 0 Å². The quantitative estimate of drug-likeness (QED) is 0.326. The lowest BCUT2D eigenvalue weighted by atomic mass is 10.0. The molecule has 2 aromatic rings. The summed E-state index contributed by atoms with van der Waals surface area (Å²) < 4.78 is 76.5. The third-order valence-corrected chi connectivity index (χ3v) is 8.72. The zero-order valence-corrected chi connectivity index (χ0v) is 26.4. The van der Waals surface area contributed by atoms with Crippen LogP contribution in [-0.4, -0.2) is 78.4 Å². The van der Waals surface area contributed by atoms with Crippen LogP contribution in [0.5, 0.6) is 5.75 Å². The van der Waals surface area contributed by atoms with Gasteiger partial charge in [0.15, 0.2) is 0 Å². The molecule has 1 unspecified atom stereocenters. The second-order valence-electron chi connectivity index (χ2n) is 11.3. The summed E-state index contributed by atoms with van der Waals surface area (Å²) in [7, 11) is -2.48. The first kappa shape index (κ1) is 34.5. The van der Waals surface area contributed by atoms with Crippen LogP contribution in [0, 0.1) is 0 Å². The number of ether oxygens (including phenoxy) is 2. The van der Waals surface area contributed by atoms with E-state index in [0.29, 0.717) is 40.8 Å². The third kappa shape index (κ3) is 10.0. The van der Waals surface area contributed by atoms with Gasteiger partial charge in [0.05, 0.1) is 12.3 Å². The summed E-state index contributed by atoms with van der Waals surface area (Å²) >= 11 is 6.01. The van der Waals surface area contributed by atoms with E-state index in [-0.39, 0.29) is 30.3 Å². The van der Waals surface area contributed by atoms with Crippen molar-refractivity contribution in [3.63, 3.8) is 0 Å². The Hall–Kier alpha value is -3.03. The van der Waals surface area contributed by atoms with Crippen molar-refractivity contribution in [3.05, 3.63) is 64.2 Å². The lowest BCUT2D eigenvalue weighted by molar-refractivity contribution is -0.275. The largest absolute Gasteiger partial charge is 0.573 e. The van der Waals surface area contributed by atoms with Gasteiger partial charge in [-0.05, 0) is 76.9 Å². The number of benzene rings is 2. The monoisotopic (exact) mass is 647 g/mol. The molecule has 0 spiro atoms. The third-order valence-electron chi connectivity index (χ3n) is 6.79. The minimum Gasteiger partial charge on any atom is -0.444 e. The molecule has 1 saturated heterocycles. The molecule has 9 nitrogen and oxygen atoms in total. The minimum atomic E-state index is -5.06. The van der Waals surface area contributed by atoms with Gasteiger partial charge in [-0.25, -0.2) is 17.5 Å². The highest BCUT2D eigenvalue weighted by atomic mass is 35.5. The van der Waals surface area contributed by atoms with E-state index < -0.39 is 45.5 Å². The molecule has 1 heterocycles. The van der Waals surface area contributed by atoms with Crippen molar-refractivity contribution in [1.82, 2.24) is 14.1 Å². The van der Waals surface area contributed by atoms with Crippen LogP contribution in [-0.2, 0) is 27.8 Å². The highest BCUT2D eigenvalue weighted by Crippen LogP contribution is 2.31. The van der Waals surface area contributed by atoms with Gasteiger partial charge in [-0.1, -0.05) is 29.8 Å². The molecule has 14 heteroatoms. The fraction of sp³-hybridized carbons (Fsp3) is 0.517. The molecule has 238 valence electrons. The SMILES string of the molecule is CCS(=O)(=O)N(Cc1cccc(Cl)c1)C(=O)c1ccc(CN2CCCC(N(C)C(=O)OC(C)(C)C)C2)c(OC(F)(F)F)c1. The molecule has 1 aliphatic heterocycles. The Labute approximate surface area is 255 Å². The normalized spacial score (nSPS) is 16.4. The van der Waals surface area contributed by atoms with Crippen molar-refractivity contribution in [3.8, 4) is 5.75 Å². The van der Waals surface area contributed by atoms with E-state index in [1.807, 2.05) is 4.90 Å². The number of amides is 2. The molecule has 43 heavy (non-hydrogen) atoms. The molecule has 0 saturated carbocycles. The van der Waals surface area contributed by atoms with Crippen LogP contribution in [0.4, 0.5) is 18.0 Å². The van der Waals surface area contributed by atoms with Gasteiger partial charge < -0.3 is 14.4 Å². The molecule has 0 aromatic heterocycles. The number of alkyl halides is 3. The number of piperidine rings is 1. The maximum atomic E-state index is 13.5. The second-order valence-corrected chi connectivity index (χ2v) is 14.0. The Kier molecular flexibility index (Phi) is 11.0. The number of sulfonamides is 1. The fourth-order valence-electron chi connectivity index (χ4n) is 4.65. The number of likely N-dealkylation sites (tertiary alicyclic amines) is 1. The molecule has 1 aliphatic rings. The number of halogens is 4. The Morgan fingerprint density at radius 2 is 1.81 bits per heavy atom. The van der Waals surface area contributed by atoms with E-state index in [4.69, 9.17) is 16.3 Å². The molecule has 0 radical (unpaired) electrons. The topological polar surface area (TPSA) is 96.5 Å². The van der Waals surface area contributed by atoms with Gasteiger partial charge in [-0.3, -0.25) is 9.69 Å². The molecule has 1 atom stereocenters. The van der Waals surface area contributed by atoms with E-state index in [0.717, 1.165) is 6.07 Å². The molecule has 3 rings (SSSR count).